The molecule has 0 unspecified atom stereocenters. The molecule has 1 rings (SSSR count). The normalized spacial score (nSPS) is 16.5. The van der Waals surface area contributed by atoms with Gasteiger partial charge in [-0.05, 0) is 18.2 Å². The largest absolute Gasteiger partial charge is 0.512 e. The summed E-state index contributed by atoms with van der Waals surface area (Å²) in [7, 11) is 1.24. The number of allylic oxidation sites excluding steroid dienone is 2. The predicted molar refractivity (Wildman–Crippen MR) is 46.1 cm³/mol. The lowest BCUT2D eigenvalue weighted by molar-refractivity contribution is -0.135. The van der Waals surface area contributed by atoms with E-state index in [4.69, 9.17) is 5.11 Å². The molecular formula is C9H10O4. The van der Waals surface area contributed by atoms with E-state index in [-0.39, 0.29) is 23.5 Å². The van der Waals surface area contributed by atoms with E-state index in [2.05, 4.69) is 4.74 Å². The average molecular weight is 182 g/mol. The van der Waals surface area contributed by atoms with Crippen molar-refractivity contribution in [2.24, 2.45) is 0 Å². The van der Waals surface area contributed by atoms with E-state index >= 15 is 0 Å². The molecule has 0 heterocycles. The molecule has 4 nitrogen and oxygen atoms in total. The van der Waals surface area contributed by atoms with Crippen molar-refractivity contribution in [3.63, 3.8) is 0 Å². The van der Waals surface area contributed by atoms with Crippen LogP contribution in [0.1, 0.15) is 6.42 Å². The first-order valence-electron chi connectivity index (χ1n) is 3.72. The maximum atomic E-state index is 11.0. The number of carbonyl (C=O) groups is 1. The van der Waals surface area contributed by atoms with Crippen LogP contribution in [-0.2, 0) is 9.53 Å². The van der Waals surface area contributed by atoms with E-state index in [0.29, 0.717) is 0 Å². The lowest BCUT2D eigenvalue weighted by Gasteiger charge is -1.98. The minimum absolute atomic E-state index is 0.0145. The fraction of sp³-hybridized carbons (Fsp3) is 0.222. The van der Waals surface area contributed by atoms with Crippen molar-refractivity contribution in [1.29, 1.82) is 0 Å². The molecule has 0 aliphatic heterocycles. The molecule has 0 fully saturated rings. The van der Waals surface area contributed by atoms with Gasteiger partial charge < -0.3 is 14.9 Å². The Kier molecular flexibility index (Phi) is 2.74. The van der Waals surface area contributed by atoms with Crippen molar-refractivity contribution >= 4 is 5.97 Å². The maximum Gasteiger partial charge on any atom is 0.338 e. The van der Waals surface area contributed by atoms with Gasteiger partial charge in [0.2, 0.25) is 0 Å². The van der Waals surface area contributed by atoms with Crippen LogP contribution in [0.3, 0.4) is 0 Å². The van der Waals surface area contributed by atoms with Crippen LogP contribution in [0.5, 0.6) is 0 Å². The minimum Gasteiger partial charge on any atom is -0.512 e. The second-order valence-corrected chi connectivity index (χ2v) is 2.56. The molecule has 0 aromatic rings. The van der Waals surface area contributed by atoms with Crippen LogP contribution < -0.4 is 0 Å². The summed E-state index contributed by atoms with van der Waals surface area (Å²) in [4.78, 5) is 11.0. The standard InChI is InChI=1S/C9H10O4/c1-13-9(12)6-4-7(10)2-3-8(11)5-6/h2,4-5,10-11H,3H2,1H3. The second kappa shape index (κ2) is 3.80. The van der Waals surface area contributed by atoms with E-state index in [1.807, 2.05) is 0 Å². The number of ether oxygens (including phenoxy) is 1. The molecule has 2 N–H and O–H groups in total. The Morgan fingerprint density at radius 1 is 1.46 bits per heavy atom. The summed E-state index contributed by atoms with van der Waals surface area (Å²) in [6.45, 7) is 0. The number of esters is 1. The number of carbonyl (C=O) groups excluding carboxylic acids is 1. The Labute approximate surface area is 75.4 Å². The van der Waals surface area contributed by atoms with Gasteiger partial charge in [-0.3, -0.25) is 0 Å². The third kappa shape index (κ3) is 2.37. The predicted octanol–water partition coefficient (Wildman–Crippen LogP) is 1.37. The number of hydrogen-bond donors (Lipinski definition) is 2. The molecule has 13 heavy (non-hydrogen) atoms. The van der Waals surface area contributed by atoms with Gasteiger partial charge in [-0.2, -0.15) is 0 Å². The van der Waals surface area contributed by atoms with Crippen LogP contribution in [0.4, 0.5) is 0 Å². The quantitative estimate of drug-likeness (QED) is 0.601. The van der Waals surface area contributed by atoms with Crippen molar-refractivity contribution in [2.45, 2.75) is 6.42 Å². The number of aliphatic hydroxyl groups excluding tert-OH is 2. The summed E-state index contributed by atoms with van der Waals surface area (Å²) < 4.78 is 4.44. The summed E-state index contributed by atoms with van der Waals surface area (Å²) in [6.07, 6.45) is 4.13. The van der Waals surface area contributed by atoms with Gasteiger partial charge in [0.1, 0.15) is 5.76 Å². The van der Waals surface area contributed by atoms with Crippen molar-refractivity contribution in [1.82, 2.24) is 0 Å². The lowest BCUT2D eigenvalue weighted by Crippen LogP contribution is -2.03. The molecule has 1 aliphatic carbocycles. The molecule has 1 aliphatic rings. The Morgan fingerprint density at radius 3 is 2.77 bits per heavy atom. The van der Waals surface area contributed by atoms with Crippen molar-refractivity contribution in [2.75, 3.05) is 7.11 Å². The van der Waals surface area contributed by atoms with Crippen LogP contribution >= 0.6 is 0 Å². The maximum absolute atomic E-state index is 11.0. The Hall–Kier alpha value is -1.71. The van der Waals surface area contributed by atoms with Gasteiger partial charge in [-0.25, -0.2) is 4.79 Å². The molecule has 0 aromatic heterocycles. The monoisotopic (exact) mass is 182 g/mol. The SMILES string of the molecule is COC(=O)C1=CC(O)=CCC(O)=C1. The highest BCUT2D eigenvalue weighted by molar-refractivity contribution is 5.92. The summed E-state index contributed by atoms with van der Waals surface area (Å²) in [6, 6.07) is 0. The molecular weight excluding hydrogens is 172 g/mol. The zero-order chi connectivity index (χ0) is 9.84. The molecule has 0 radical (unpaired) electrons. The number of rotatable bonds is 1. The molecule has 0 bridgehead atoms. The number of aliphatic hydroxyl groups is 2. The number of hydrogen-bond acceptors (Lipinski definition) is 4. The topological polar surface area (TPSA) is 66.8 Å². The first-order chi connectivity index (χ1) is 6.13. The van der Waals surface area contributed by atoms with Gasteiger partial charge in [-0.15, -0.1) is 0 Å². The van der Waals surface area contributed by atoms with E-state index in [1.54, 1.807) is 0 Å². The van der Waals surface area contributed by atoms with Gasteiger partial charge >= 0.3 is 5.97 Å². The Bertz CT molecular complexity index is 310. The summed E-state index contributed by atoms with van der Waals surface area (Å²) in [5.41, 5.74) is 0.131. The van der Waals surface area contributed by atoms with Crippen LogP contribution in [-0.4, -0.2) is 23.3 Å². The summed E-state index contributed by atoms with van der Waals surface area (Å²) in [5.74, 6) is -0.630. The van der Waals surface area contributed by atoms with Gasteiger partial charge in [0.05, 0.1) is 18.4 Å². The van der Waals surface area contributed by atoms with Gasteiger partial charge in [0.15, 0.2) is 0 Å². The van der Waals surface area contributed by atoms with E-state index < -0.39 is 5.97 Å². The highest BCUT2D eigenvalue weighted by Gasteiger charge is 2.11. The van der Waals surface area contributed by atoms with Crippen LogP contribution in [0.15, 0.2) is 35.3 Å². The number of methoxy groups -OCH3 is 1. The van der Waals surface area contributed by atoms with E-state index in [0.717, 1.165) is 0 Å². The van der Waals surface area contributed by atoms with Gasteiger partial charge in [0, 0.05) is 6.42 Å². The summed E-state index contributed by atoms with van der Waals surface area (Å²) >= 11 is 0. The van der Waals surface area contributed by atoms with Crippen molar-refractivity contribution in [3.05, 3.63) is 35.3 Å². The van der Waals surface area contributed by atoms with Crippen LogP contribution in [0.25, 0.3) is 0 Å². The molecule has 0 aromatic carbocycles. The molecule has 4 heteroatoms. The molecule has 0 amide bonds. The van der Waals surface area contributed by atoms with Crippen LogP contribution in [0, 0.1) is 0 Å². The summed E-state index contributed by atoms with van der Waals surface area (Å²) in [5, 5.41) is 18.3. The smallest absolute Gasteiger partial charge is 0.338 e. The van der Waals surface area contributed by atoms with Gasteiger partial charge in [-0.1, -0.05) is 0 Å². The van der Waals surface area contributed by atoms with Crippen molar-refractivity contribution in [3.8, 4) is 0 Å². The van der Waals surface area contributed by atoms with E-state index in [9.17, 15) is 9.90 Å². The first kappa shape index (κ1) is 9.38. The van der Waals surface area contributed by atoms with Gasteiger partial charge in [0.25, 0.3) is 0 Å². The molecule has 70 valence electrons. The Morgan fingerprint density at radius 2 is 2.15 bits per heavy atom. The highest BCUT2D eigenvalue weighted by atomic mass is 16.5. The van der Waals surface area contributed by atoms with Crippen LogP contribution in [0.2, 0.25) is 0 Å². The first-order valence-corrected chi connectivity index (χ1v) is 3.72. The highest BCUT2D eigenvalue weighted by Crippen LogP contribution is 2.14. The fourth-order valence-corrected chi connectivity index (χ4v) is 0.943. The third-order valence-corrected chi connectivity index (χ3v) is 1.57. The Balaban J connectivity index is 2.99. The minimum atomic E-state index is -0.589. The molecule has 0 atom stereocenters. The zero-order valence-electron chi connectivity index (χ0n) is 7.15. The average Bonchev–Trinajstić information content (AvgIpc) is 2.27. The van der Waals surface area contributed by atoms with Crippen molar-refractivity contribution < 1.29 is 19.7 Å². The second-order valence-electron chi connectivity index (χ2n) is 2.56. The fourth-order valence-electron chi connectivity index (χ4n) is 0.943. The molecule has 0 spiro atoms. The molecule has 0 saturated carbocycles. The lowest BCUT2D eigenvalue weighted by atomic mass is 10.2. The van der Waals surface area contributed by atoms with E-state index in [1.165, 1.54) is 25.3 Å². The zero-order valence-corrected chi connectivity index (χ0v) is 7.15. The molecule has 0 saturated heterocycles. The third-order valence-electron chi connectivity index (χ3n) is 1.57.